The molecule has 1 aromatic rings. The van der Waals surface area contributed by atoms with E-state index in [0.29, 0.717) is 6.04 Å². The van der Waals surface area contributed by atoms with Gasteiger partial charge in [0.05, 0.1) is 0 Å². The second kappa shape index (κ2) is 6.86. The van der Waals surface area contributed by atoms with Gasteiger partial charge in [-0.3, -0.25) is 0 Å². The van der Waals surface area contributed by atoms with Crippen molar-refractivity contribution in [2.45, 2.75) is 31.7 Å². The zero-order valence-corrected chi connectivity index (χ0v) is 11.2. The molecule has 1 heterocycles. The van der Waals surface area contributed by atoms with Crippen LogP contribution in [0.2, 0.25) is 0 Å². The smallest absolute Gasteiger partial charge is 0.126 e. The summed E-state index contributed by atoms with van der Waals surface area (Å²) in [6.45, 7) is 3.12. The van der Waals surface area contributed by atoms with Crippen LogP contribution >= 0.6 is 0 Å². The number of hydrogen-bond acceptors (Lipinski definition) is 2. The van der Waals surface area contributed by atoms with Gasteiger partial charge in [0.15, 0.2) is 0 Å². The van der Waals surface area contributed by atoms with Crippen molar-refractivity contribution in [1.29, 1.82) is 0 Å². The van der Waals surface area contributed by atoms with Gasteiger partial charge in [-0.25, -0.2) is 4.39 Å². The zero-order chi connectivity index (χ0) is 12.8. The number of rotatable bonds is 5. The Bertz CT molecular complexity index is 361. The van der Waals surface area contributed by atoms with Crippen molar-refractivity contribution >= 4 is 0 Å². The van der Waals surface area contributed by atoms with Crippen molar-refractivity contribution in [2.24, 2.45) is 0 Å². The molecule has 0 bridgehead atoms. The third kappa shape index (κ3) is 4.07. The Morgan fingerprint density at radius 1 is 1.33 bits per heavy atom. The third-order valence-electron chi connectivity index (χ3n) is 3.67. The number of nitrogens with one attached hydrogen (secondary N) is 1. The molecule has 1 atom stereocenters. The molecule has 1 aliphatic heterocycles. The zero-order valence-electron chi connectivity index (χ0n) is 11.2. The fourth-order valence-electron chi connectivity index (χ4n) is 2.56. The van der Waals surface area contributed by atoms with Gasteiger partial charge in [0.25, 0.3) is 0 Å². The molecule has 1 saturated heterocycles. The summed E-state index contributed by atoms with van der Waals surface area (Å²) in [7, 11) is 2.12. The molecule has 2 rings (SSSR count). The van der Waals surface area contributed by atoms with E-state index in [1.165, 1.54) is 25.3 Å². The maximum atomic E-state index is 13.5. The summed E-state index contributed by atoms with van der Waals surface area (Å²) < 4.78 is 13.5. The van der Waals surface area contributed by atoms with Gasteiger partial charge < -0.3 is 10.2 Å². The average molecular weight is 250 g/mol. The van der Waals surface area contributed by atoms with Gasteiger partial charge in [-0.1, -0.05) is 24.6 Å². The molecule has 1 N–H and O–H groups in total. The number of nitrogens with zero attached hydrogens (tertiary/aromatic N) is 1. The van der Waals surface area contributed by atoms with E-state index in [2.05, 4.69) is 17.3 Å². The minimum atomic E-state index is -0.0818. The van der Waals surface area contributed by atoms with Crippen LogP contribution in [0, 0.1) is 5.82 Å². The van der Waals surface area contributed by atoms with Crippen molar-refractivity contribution in [3.05, 3.63) is 35.6 Å². The standard InChI is InChI=1S/C15H23FN2/c1-18(12-14-7-4-5-10-17-14)11-9-13-6-2-3-8-15(13)16/h2-3,6,8,14,17H,4-5,7,9-12H2,1H3. The maximum absolute atomic E-state index is 13.5. The summed E-state index contributed by atoms with van der Waals surface area (Å²) in [6, 6.07) is 7.68. The first-order chi connectivity index (χ1) is 8.75. The molecule has 3 heteroatoms. The van der Waals surface area contributed by atoms with E-state index in [4.69, 9.17) is 0 Å². The van der Waals surface area contributed by atoms with E-state index >= 15 is 0 Å². The molecule has 0 saturated carbocycles. The summed E-state index contributed by atoms with van der Waals surface area (Å²) in [6.07, 6.45) is 4.69. The molecule has 0 aliphatic carbocycles. The first-order valence-electron chi connectivity index (χ1n) is 6.91. The molecule has 0 aromatic heterocycles. The van der Waals surface area contributed by atoms with Crippen LogP contribution in [0.3, 0.4) is 0 Å². The van der Waals surface area contributed by atoms with E-state index in [9.17, 15) is 4.39 Å². The summed E-state index contributed by atoms with van der Waals surface area (Å²) in [5.74, 6) is -0.0818. The van der Waals surface area contributed by atoms with Crippen molar-refractivity contribution in [3.8, 4) is 0 Å². The minimum Gasteiger partial charge on any atom is -0.313 e. The van der Waals surface area contributed by atoms with Gasteiger partial charge in [0, 0.05) is 19.1 Å². The Hall–Kier alpha value is -0.930. The molecule has 2 nitrogen and oxygen atoms in total. The summed E-state index contributed by atoms with van der Waals surface area (Å²) >= 11 is 0. The summed E-state index contributed by atoms with van der Waals surface area (Å²) in [5, 5.41) is 3.54. The fraction of sp³-hybridized carbons (Fsp3) is 0.600. The first-order valence-corrected chi connectivity index (χ1v) is 6.91. The van der Waals surface area contributed by atoms with E-state index in [0.717, 1.165) is 31.6 Å². The predicted molar refractivity (Wildman–Crippen MR) is 73.2 cm³/mol. The molecule has 1 aliphatic rings. The minimum absolute atomic E-state index is 0.0818. The Kier molecular flexibility index (Phi) is 5.14. The van der Waals surface area contributed by atoms with E-state index < -0.39 is 0 Å². The number of halogens is 1. The highest BCUT2D eigenvalue weighted by Gasteiger charge is 2.14. The Balaban J connectivity index is 1.74. The molecule has 1 aromatic carbocycles. The van der Waals surface area contributed by atoms with Gasteiger partial charge in [0.1, 0.15) is 5.82 Å². The largest absolute Gasteiger partial charge is 0.313 e. The lowest BCUT2D eigenvalue weighted by Crippen LogP contribution is -2.42. The lowest BCUT2D eigenvalue weighted by atomic mass is 10.0. The Morgan fingerprint density at radius 3 is 2.89 bits per heavy atom. The van der Waals surface area contributed by atoms with Crippen molar-refractivity contribution in [1.82, 2.24) is 10.2 Å². The number of likely N-dealkylation sites (N-methyl/N-ethyl adjacent to an activating group) is 1. The lowest BCUT2D eigenvalue weighted by Gasteiger charge is -2.28. The normalized spacial score (nSPS) is 20.3. The highest BCUT2D eigenvalue weighted by molar-refractivity contribution is 5.17. The van der Waals surface area contributed by atoms with Crippen LogP contribution in [0.25, 0.3) is 0 Å². The average Bonchev–Trinajstić information content (AvgIpc) is 2.39. The molecule has 1 unspecified atom stereocenters. The number of hydrogen-bond donors (Lipinski definition) is 1. The van der Waals surface area contributed by atoms with E-state index in [1.54, 1.807) is 6.07 Å². The SMILES string of the molecule is CN(CCc1ccccc1F)CC1CCCCN1. The van der Waals surface area contributed by atoms with Gasteiger partial charge in [-0.15, -0.1) is 0 Å². The van der Waals surface area contributed by atoms with Gasteiger partial charge in [-0.05, 0) is 44.5 Å². The Labute approximate surface area is 109 Å². The molecule has 18 heavy (non-hydrogen) atoms. The van der Waals surface area contributed by atoms with Gasteiger partial charge in [-0.2, -0.15) is 0 Å². The van der Waals surface area contributed by atoms with Crippen molar-refractivity contribution < 1.29 is 4.39 Å². The maximum Gasteiger partial charge on any atom is 0.126 e. The second-order valence-electron chi connectivity index (χ2n) is 5.25. The quantitative estimate of drug-likeness (QED) is 0.863. The highest BCUT2D eigenvalue weighted by atomic mass is 19.1. The topological polar surface area (TPSA) is 15.3 Å². The second-order valence-corrected chi connectivity index (χ2v) is 5.25. The van der Waals surface area contributed by atoms with Crippen LogP contribution in [0.5, 0.6) is 0 Å². The molecule has 0 radical (unpaired) electrons. The molecule has 0 amide bonds. The van der Waals surface area contributed by atoms with Crippen molar-refractivity contribution in [2.75, 3.05) is 26.7 Å². The molecule has 100 valence electrons. The molecule has 0 spiro atoms. The molecule has 1 fully saturated rings. The van der Waals surface area contributed by atoms with E-state index in [1.807, 2.05) is 12.1 Å². The number of benzene rings is 1. The summed E-state index contributed by atoms with van der Waals surface area (Å²) in [4.78, 5) is 2.30. The van der Waals surface area contributed by atoms with E-state index in [-0.39, 0.29) is 5.82 Å². The van der Waals surface area contributed by atoms with Crippen LogP contribution < -0.4 is 5.32 Å². The third-order valence-corrected chi connectivity index (χ3v) is 3.67. The van der Waals surface area contributed by atoms with Gasteiger partial charge in [0.2, 0.25) is 0 Å². The highest BCUT2D eigenvalue weighted by Crippen LogP contribution is 2.10. The monoisotopic (exact) mass is 250 g/mol. The number of piperidine rings is 1. The fourth-order valence-corrected chi connectivity index (χ4v) is 2.56. The predicted octanol–water partition coefficient (Wildman–Crippen LogP) is 2.44. The van der Waals surface area contributed by atoms with Crippen LogP contribution in [0.1, 0.15) is 24.8 Å². The summed E-state index contributed by atoms with van der Waals surface area (Å²) in [5.41, 5.74) is 0.820. The lowest BCUT2D eigenvalue weighted by molar-refractivity contribution is 0.264. The van der Waals surface area contributed by atoms with Crippen LogP contribution in [-0.4, -0.2) is 37.6 Å². The van der Waals surface area contributed by atoms with Crippen molar-refractivity contribution in [3.63, 3.8) is 0 Å². The molecular formula is C15H23FN2. The van der Waals surface area contributed by atoms with Crippen LogP contribution in [-0.2, 0) is 6.42 Å². The van der Waals surface area contributed by atoms with Crippen LogP contribution in [0.4, 0.5) is 4.39 Å². The first kappa shape index (κ1) is 13.5. The Morgan fingerprint density at radius 2 is 2.17 bits per heavy atom. The molecular weight excluding hydrogens is 227 g/mol. The van der Waals surface area contributed by atoms with Crippen LogP contribution in [0.15, 0.2) is 24.3 Å². The van der Waals surface area contributed by atoms with Gasteiger partial charge >= 0.3 is 0 Å².